The smallest absolute Gasteiger partial charge is 0.408 e. The van der Waals surface area contributed by atoms with Gasteiger partial charge in [0.25, 0.3) is 0 Å². The lowest BCUT2D eigenvalue weighted by molar-refractivity contribution is 0.0464. The van der Waals surface area contributed by atoms with Gasteiger partial charge in [-0.15, -0.1) is 0 Å². The molecule has 0 atom stereocenters. The maximum Gasteiger partial charge on any atom is 0.408 e. The van der Waals surface area contributed by atoms with Gasteiger partial charge in [-0.1, -0.05) is 0 Å². The molecule has 0 bridgehead atoms. The lowest BCUT2D eigenvalue weighted by atomic mass is 10.1. The van der Waals surface area contributed by atoms with Gasteiger partial charge >= 0.3 is 6.09 Å². The highest BCUT2D eigenvalue weighted by Gasteiger charge is 2.31. The van der Waals surface area contributed by atoms with Crippen molar-refractivity contribution in [3.8, 4) is 0 Å². The minimum Gasteiger partial charge on any atom is -0.444 e. The average molecular weight is 374 g/mol. The molecule has 1 rings (SSSR count). The Kier molecular flexibility index (Phi) is 6.23. The monoisotopic (exact) mass is 374 g/mol. The normalized spacial score (nSPS) is 13.0. The van der Waals surface area contributed by atoms with E-state index in [0.717, 1.165) is 10.4 Å². The largest absolute Gasteiger partial charge is 0.444 e. The van der Waals surface area contributed by atoms with Crippen LogP contribution in [0, 0.1) is 12.7 Å². The van der Waals surface area contributed by atoms with Crippen molar-refractivity contribution >= 4 is 16.1 Å². The van der Waals surface area contributed by atoms with Gasteiger partial charge in [-0.3, -0.25) is 0 Å². The first kappa shape index (κ1) is 21.4. The molecule has 0 aliphatic rings. The summed E-state index contributed by atoms with van der Waals surface area (Å²) < 4.78 is 45.0. The third kappa shape index (κ3) is 6.28. The molecule has 0 aliphatic heterocycles. The Morgan fingerprint density at radius 1 is 1.24 bits per heavy atom. The van der Waals surface area contributed by atoms with Crippen molar-refractivity contribution < 1.29 is 22.3 Å². The molecule has 0 fully saturated rings. The second kappa shape index (κ2) is 7.29. The zero-order chi connectivity index (χ0) is 19.6. The number of halogens is 1. The quantitative estimate of drug-likeness (QED) is 0.859. The molecule has 6 nitrogen and oxygen atoms in total. The number of sulfonamides is 1. The van der Waals surface area contributed by atoms with Crippen molar-refractivity contribution in [1.29, 1.82) is 0 Å². The summed E-state index contributed by atoms with van der Waals surface area (Å²) in [4.78, 5) is 12.0. The van der Waals surface area contributed by atoms with Crippen molar-refractivity contribution in [2.24, 2.45) is 0 Å². The van der Waals surface area contributed by atoms with E-state index in [1.807, 2.05) is 0 Å². The molecule has 0 radical (unpaired) electrons. The van der Waals surface area contributed by atoms with Crippen LogP contribution in [0.5, 0.6) is 0 Å². The Morgan fingerprint density at radius 3 is 2.28 bits per heavy atom. The van der Waals surface area contributed by atoms with Gasteiger partial charge < -0.3 is 10.1 Å². The Hall–Kier alpha value is -1.67. The van der Waals surface area contributed by atoms with Crippen LogP contribution in [0.2, 0.25) is 0 Å². The number of ether oxygens (including phenoxy) is 1. The first-order valence-corrected chi connectivity index (χ1v) is 9.32. The second-order valence-corrected chi connectivity index (χ2v) is 9.69. The standard InChI is InChI=1S/C17H27FN2O4S/c1-12-10-13(18)8-9-14(12)25(22,23)20(7)11-17(5,6)19-15(21)24-16(2,3)4/h8-10H,11H2,1-7H3,(H,19,21). The minimum atomic E-state index is -3.82. The number of nitrogens with one attached hydrogen (secondary N) is 1. The molecule has 0 saturated heterocycles. The van der Waals surface area contributed by atoms with E-state index in [2.05, 4.69) is 5.32 Å². The van der Waals surface area contributed by atoms with Crippen molar-refractivity contribution in [2.45, 2.75) is 57.6 Å². The van der Waals surface area contributed by atoms with E-state index in [1.165, 1.54) is 26.1 Å². The van der Waals surface area contributed by atoms with Gasteiger partial charge in [-0.2, -0.15) is 4.31 Å². The van der Waals surface area contributed by atoms with E-state index >= 15 is 0 Å². The summed E-state index contributed by atoms with van der Waals surface area (Å²) in [6.07, 6.45) is -0.624. The number of benzene rings is 1. The highest BCUT2D eigenvalue weighted by molar-refractivity contribution is 7.89. The molecule has 1 N–H and O–H groups in total. The summed E-state index contributed by atoms with van der Waals surface area (Å²) in [6, 6.07) is 3.52. The van der Waals surface area contributed by atoms with Gasteiger partial charge in [0.1, 0.15) is 11.4 Å². The van der Waals surface area contributed by atoms with E-state index in [-0.39, 0.29) is 11.4 Å². The first-order chi connectivity index (χ1) is 11.1. The fourth-order valence-corrected chi connectivity index (χ4v) is 3.87. The third-order valence-electron chi connectivity index (χ3n) is 3.28. The van der Waals surface area contributed by atoms with Gasteiger partial charge in [0.05, 0.1) is 10.4 Å². The van der Waals surface area contributed by atoms with Gasteiger partial charge in [0, 0.05) is 13.6 Å². The van der Waals surface area contributed by atoms with Crippen LogP contribution < -0.4 is 5.32 Å². The van der Waals surface area contributed by atoms with Gasteiger partial charge in [-0.05, 0) is 65.3 Å². The van der Waals surface area contributed by atoms with Gasteiger partial charge in [-0.25, -0.2) is 17.6 Å². The molecule has 0 unspecified atom stereocenters. The third-order valence-corrected chi connectivity index (χ3v) is 5.25. The first-order valence-electron chi connectivity index (χ1n) is 7.88. The maximum atomic E-state index is 13.2. The molecule has 0 spiro atoms. The number of aryl methyl sites for hydroxylation is 1. The van der Waals surface area contributed by atoms with Crippen molar-refractivity contribution in [3.63, 3.8) is 0 Å². The average Bonchev–Trinajstić information content (AvgIpc) is 2.33. The van der Waals surface area contributed by atoms with Crippen molar-refractivity contribution in [3.05, 3.63) is 29.6 Å². The van der Waals surface area contributed by atoms with Crippen molar-refractivity contribution in [1.82, 2.24) is 9.62 Å². The van der Waals surface area contributed by atoms with Crippen LogP contribution in [-0.2, 0) is 14.8 Å². The molecule has 1 aromatic rings. The number of nitrogens with zero attached hydrogens (tertiary/aromatic N) is 1. The number of carbonyl (C=O) groups excluding carboxylic acids is 1. The Morgan fingerprint density at radius 2 is 1.80 bits per heavy atom. The van der Waals surface area contributed by atoms with E-state index in [4.69, 9.17) is 4.74 Å². The Balaban J connectivity index is 2.91. The molecule has 0 aliphatic carbocycles. The summed E-state index contributed by atoms with van der Waals surface area (Å²) in [6.45, 7) is 10.2. The van der Waals surface area contributed by atoms with Crippen LogP contribution in [0.4, 0.5) is 9.18 Å². The highest BCUT2D eigenvalue weighted by atomic mass is 32.2. The Bertz CT molecular complexity index is 740. The van der Waals surface area contributed by atoms with Crippen LogP contribution in [0.3, 0.4) is 0 Å². The van der Waals surface area contributed by atoms with Crippen LogP contribution in [-0.4, -0.2) is 43.5 Å². The lowest BCUT2D eigenvalue weighted by Crippen LogP contribution is -2.52. The number of carbonyl (C=O) groups is 1. The number of hydrogen-bond donors (Lipinski definition) is 1. The second-order valence-electron chi connectivity index (χ2n) is 7.68. The van der Waals surface area contributed by atoms with Crippen LogP contribution >= 0.6 is 0 Å². The van der Waals surface area contributed by atoms with Gasteiger partial charge in [0.15, 0.2) is 0 Å². The summed E-state index contributed by atoms with van der Waals surface area (Å²) in [5.74, 6) is -0.494. The van der Waals surface area contributed by atoms with E-state index < -0.39 is 33.1 Å². The molecule has 1 amide bonds. The van der Waals surface area contributed by atoms with Crippen LogP contribution in [0.15, 0.2) is 23.1 Å². The molecule has 0 aromatic heterocycles. The molecule has 0 heterocycles. The molecular formula is C17H27FN2O4S. The number of hydrogen-bond acceptors (Lipinski definition) is 4. The summed E-state index contributed by atoms with van der Waals surface area (Å²) in [7, 11) is -2.40. The molecular weight excluding hydrogens is 347 g/mol. The summed E-state index contributed by atoms with van der Waals surface area (Å²) >= 11 is 0. The summed E-state index contributed by atoms with van der Waals surface area (Å²) in [5.41, 5.74) is -1.19. The van der Waals surface area contributed by atoms with Crippen LogP contribution in [0.25, 0.3) is 0 Å². The fraction of sp³-hybridized carbons (Fsp3) is 0.588. The van der Waals surface area contributed by atoms with E-state index in [0.29, 0.717) is 5.56 Å². The predicted molar refractivity (Wildman–Crippen MR) is 94.4 cm³/mol. The lowest BCUT2D eigenvalue weighted by Gasteiger charge is -2.32. The number of alkyl carbamates (subject to hydrolysis) is 1. The number of amides is 1. The molecule has 8 heteroatoms. The van der Waals surface area contributed by atoms with Crippen molar-refractivity contribution in [2.75, 3.05) is 13.6 Å². The Labute approximate surface area is 149 Å². The number of likely N-dealkylation sites (N-methyl/N-ethyl adjacent to an activating group) is 1. The predicted octanol–water partition coefficient (Wildman–Crippen LogP) is 3.06. The molecule has 142 valence electrons. The molecule has 25 heavy (non-hydrogen) atoms. The topological polar surface area (TPSA) is 75.7 Å². The highest BCUT2D eigenvalue weighted by Crippen LogP contribution is 2.21. The summed E-state index contributed by atoms with van der Waals surface area (Å²) in [5, 5.41) is 2.66. The van der Waals surface area contributed by atoms with E-state index in [1.54, 1.807) is 34.6 Å². The van der Waals surface area contributed by atoms with Crippen LogP contribution in [0.1, 0.15) is 40.2 Å². The zero-order valence-corrected chi connectivity index (χ0v) is 16.6. The van der Waals surface area contributed by atoms with Gasteiger partial charge in [0.2, 0.25) is 10.0 Å². The fourth-order valence-electron chi connectivity index (χ4n) is 2.33. The molecule has 1 aromatic carbocycles. The number of rotatable bonds is 5. The van der Waals surface area contributed by atoms with E-state index in [9.17, 15) is 17.6 Å². The minimum absolute atomic E-state index is 0.0192. The maximum absolute atomic E-state index is 13.2. The molecule has 0 saturated carbocycles. The zero-order valence-electron chi connectivity index (χ0n) is 15.8. The SMILES string of the molecule is Cc1cc(F)ccc1S(=O)(=O)N(C)CC(C)(C)NC(=O)OC(C)(C)C.